The number of nitrogens with zero attached hydrogens (tertiary/aromatic N) is 4. The Labute approximate surface area is 202 Å². The number of aromatic nitrogens is 2. The number of amides is 2. The Morgan fingerprint density at radius 3 is 2.41 bits per heavy atom. The third-order valence-corrected chi connectivity index (χ3v) is 5.98. The highest BCUT2D eigenvalue weighted by atomic mass is 35.5. The number of hydrogen-bond donors (Lipinski definition) is 1. The molecule has 3 aromatic rings. The predicted octanol–water partition coefficient (Wildman–Crippen LogP) is 3.77. The van der Waals surface area contributed by atoms with E-state index in [0.717, 1.165) is 5.69 Å². The minimum absolute atomic E-state index is 0.0749. The van der Waals surface area contributed by atoms with Gasteiger partial charge in [-0.3, -0.25) is 14.5 Å². The highest BCUT2D eigenvalue weighted by Crippen LogP contribution is 2.25. The maximum absolute atomic E-state index is 13.2. The normalized spacial score (nSPS) is 14.5. The van der Waals surface area contributed by atoms with Gasteiger partial charge in [0.2, 0.25) is 11.8 Å². The second-order valence-electron chi connectivity index (χ2n) is 8.03. The van der Waals surface area contributed by atoms with Gasteiger partial charge in [0.1, 0.15) is 11.0 Å². The second kappa shape index (κ2) is 10.6. The van der Waals surface area contributed by atoms with E-state index in [1.54, 1.807) is 30.0 Å². The Bertz CT molecular complexity index is 1190. The van der Waals surface area contributed by atoms with E-state index in [9.17, 15) is 14.0 Å². The van der Waals surface area contributed by atoms with Crippen LogP contribution in [-0.2, 0) is 9.59 Å². The molecule has 34 heavy (non-hydrogen) atoms. The first-order chi connectivity index (χ1) is 16.4. The van der Waals surface area contributed by atoms with Crippen molar-refractivity contribution in [3.8, 4) is 5.69 Å². The maximum Gasteiger partial charge on any atom is 0.246 e. The van der Waals surface area contributed by atoms with Crippen LogP contribution in [0.5, 0.6) is 0 Å². The first-order valence-corrected chi connectivity index (χ1v) is 11.3. The molecule has 176 valence electrons. The highest BCUT2D eigenvalue weighted by molar-refractivity contribution is 6.31. The van der Waals surface area contributed by atoms with Crippen LogP contribution in [0, 0.1) is 12.7 Å². The van der Waals surface area contributed by atoms with Gasteiger partial charge in [0.25, 0.3) is 0 Å². The Balaban J connectivity index is 1.31. The van der Waals surface area contributed by atoms with Crippen molar-refractivity contribution < 1.29 is 14.0 Å². The van der Waals surface area contributed by atoms with Crippen LogP contribution in [0.2, 0.25) is 5.15 Å². The van der Waals surface area contributed by atoms with Crippen LogP contribution in [-0.4, -0.2) is 64.1 Å². The summed E-state index contributed by atoms with van der Waals surface area (Å²) in [4.78, 5) is 28.7. The van der Waals surface area contributed by atoms with E-state index < -0.39 is 0 Å². The van der Waals surface area contributed by atoms with E-state index in [-0.39, 0.29) is 24.2 Å². The van der Waals surface area contributed by atoms with Gasteiger partial charge in [0, 0.05) is 43.5 Å². The molecule has 2 amide bonds. The van der Waals surface area contributed by atoms with Gasteiger partial charge >= 0.3 is 0 Å². The topological polar surface area (TPSA) is 70.5 Å². The standard InChI is InChI=1S/C25H25ClFN5O2/c1-18-22(25(26)32(29-18)21-9-7-19(27)8-10-21)11-12-24(34)31-15-13-30(14-16-31)17-23(33)28-20-5-3-2-4-6-20/h2-12H,13-17H2,1H3,(H,28,33)/b12-11+. The molecule has 0 spiro atoms. The average molecular weight is 482 g/mol. The molecule has 0 atom stereocenters. The summed E-state index contributed by atoms with van der Waals surface area (Å²) in [6.07, 6.45) is 3.15. The monoisotopic (exact) mass is 481 g/mol. The third-order valence-electron chi connectivity index (χ3n) is 5.62. The van der Waals surface area contributed by atoms with Crippen LogP contribution < -0.4 is 5.32 Å². The number of para-hydroxylation sites is 1. The molecule has 0 radical (unpaired) electrons. The first-order valence-electron chi connectivity index (χ1n) is 11.0. The summed E-state index contributed by atoms with van der Waals surface area (Å²) in [5.41, 5.74) is 2.69. The van der Waals surface area contributed by atoms with E-state index in [1.807, 2.05) is 35.2 Å². The van der Waals surface area contributed by atoms with Crippen LogP contribution >= 0.6 is 11.6 Å². The largest absolute Gasteiger partial charge is 0.337 e. The summed E-state index contributed by atoms with van der Waals surface area (Å²) in [6, 6.07) is 15.2. The fraction of sp³-hybridized carbons (Fsp3) is 0.240. The molecular weight excluding hydrogens is 457 g/mol. The Hall–Kier alpha value is -3.49. The zero-order chi connectivity index (χ0) is 24.1. The van der Waals surface area contributed by atoms with Crippen molar-refractivity contribution >= 4 is 35.2 Å². The molecule has 0 aliphatic carbocycles. The molecule has 1 aromatic heterocycles. The molecule has 1 aliphatic rings. The molecule has 0 unspecified atom stereocenters. The van der Waals surface area contributed by atoms with Crippen molar-refractivity contribution in [2.75, 3.05) is 38.0 Å². The van der Waals surface area contributed by atoms with Crippen molar-refractivity contribution in [3.63, 3.8) is 0 Å². The zero-order valence-corrected chi connectivity index (χ0v) is 19.5. The Kier molecular flexibility index (Phi) is 7.40. The van der Waals surface area contributed by atoms with Gasteiger partial charge in [-0.05, 0) is 49.4 Å². The first kappa shape index (κ1) is 23.7. The lowest BCUT2D eigenvalue weighted by atomic mass is 10.2. The number of anilines is 1. The molecule has 9 heteroatoms. The summed E-state index contributed by atoms with van der Waals surface area (Å²) in [7, 11) is 0. The second-order valence-corrected chi connectivity index (χ2v) is 8.39. The van der Waals surface area contributed by atoms with Gasteiger partial charge in [0.05, 0.1) is 17.9 Å². The number of hydrogen-bond acceptors (Lipinski definition) is 4. The lowest BCUT2D eigenvalue weighted by Crippen LogP contribution is -2.50. The Morgan fingerprint density at radius 2 is 1.74 bits per heavy atom. The molecule has 1 aliphatic heterocycles. The molecule has 0 saturated carbocycles. The van der Waals surface area contributed by atoms with E-state index in [1.165, 1.54) is 22.9 Å². The number of nitrogens with one attached hydrogen (secondary N) is 1. The van der Waals surface area contributed by atoms with Crippen LogP contribution in [0.3, 0.4) is 0 Å². The van der Waals surface area contributed by atoms with Gasteiger partial charge in [-0.25, -0.2) is 9.07 Å². The van der Waals surface area contributed by atoms with Crippen molar-refractivity contribution in [3.05, 3.63) is 82.9 Å². The molecular formula is C25H25ClFN5O2. The number of carbonyl (C=O) groups is 2. The van der Waals surface area contributed by atoms with E-state index in [0.29, 0.717) is 48.3 Å². The number of halogens is 2. The lowest BCUT2D eigenvalue weighted by Gasteiger charge is -2.33. The smallest absolute Gasteiger partial charge is 0.246 e. The molecule has 7 nitrogen and oxygen atoms in total. The molecule has 1 fully saturated rings. The van der Waals surface area contributed by atoms with Crippen molar-refractivity contribution in [2.24, 2.45) is 0 Å². The number of rotatable bonds is 6. The van der Waals surface area contributed by atoms with E-state index in [2.05, 4.69) is 10.4 Å². The van der Waals surface area contributed by atoms with Crippen LogP contribution in [0.25, 0.3) is 11.8 Å². The molecule has 1 N–H and O–H groups in total. The predicted molar refractivity (Wildman–Crippen MR) is 130 cm³/mol. The van der Waals surface area contributed by atoms with Crippen molar-refractivity contribution in [2.45, 2.75) is 6.92 Å². The SMILES string of the molecule is Cc1nn(-c2ccc(F)cc2)c(Cl)c1/C=C/C(=O)N1CCN(CC(=O)Nc2ccccc2)CC1. The van der Waals surface area contributed by atoms with E-state index >= 15 is 0 Å². The molecule has 2 heterocycles. The van der Waals surface area contributed by atoms with Gasteiger partial charge in [-0.2, -0.15) is 5.10 Å². The molecule has 1 saturated heterocycles. The Morgan fingerprint density at radius 1 is 1.06 bits per heavy atom. The fourth-order valence-corrected chi connectivity index (χ4v) is 4.10. The minimum atomic E-state index is -0.341. The average Bonchev–Trinajstić information content (AvgIpc) is 3.12. The minimum Gasteiger partial charge on any atom is -0.337 e. The number of benzene rings is 2. The van der Waals surface area contributed by atoms with Crippen molar-refractivity contribution in [1.82, 2.24) is 19.6 Å². The van der Waals surface area contributed by atoms with Crippen LogP contribution in [0.15, 0.2) is 60.7 Å². The van der Waals surface area contributed by atoms with E-state index in [4.69, 9.17) is 11.6 Å². The summed E-state index contributed by atoms with van der Waals surface area (Å²) in [6.45, 7) is 4.38. The zero-order valence-electron chi connectivity index (χ0n) is 18.7. The molecule has 0 bridgehead atoms. The maximum atomic E-state index is 13.2. The van der Waals surface area contributed by atoms with Gasteiger partial charge < -0.3 is 10.2 Å². The lowest BCUT2D eigenvalue weighted by molar-refractivity contribution is -0.127. The summed E-state index contributed by atoms with van der Waals surface area (Å²) < 4.78 is 14.7. The summed E-state index contributed by atoms with van der Waals surface area (Å²) in [5, 5.41) is 7.64. The van der Waals surface area contributed by atoms with Gasteiger partial charge in [0.15, 0.2) is 0 Å². The summed E-state index contributed by atoms with van der Waals surface area (Å²) in [5.74, 6) is -0.543. The van der Waals surface area contributed by atoms with Crippen LogP contribution in [0.4, 0.5) is 10.1 Å². The quantitative estimate of drug-likeness (QED) is 0.544. The number of piperazine rings is 1. The molecule has 4 rings (SSSR count). The highest BCUT2D eigenvalue weighted by Gasteiger charge is 2.21. The molecule has 2 aromatic carbocycles. The third kappa shape index (κ3) is 5.70. The van der Waals surface area contributed by atoms with Gasteiger partial charge in [-0.1, -0.05) is 29.8 Å². The summed E-state index contributed by atoms with van der Waals surface area (Å²) >= 11 is 6.48. The van der Waals surface area contributed by atoms with Gasteiger partial charge in [-0.15, -0.1) is 0 Å². The fourth-order valence-electron chi connectivity index (χ4n) is 3.77. The van der Waals surface area contributed by atoms with Crippen LogP contribution in [0.1, 0.15) is 11.3 Å². The number of aryl methyl sites for hydroxylation is 1. The number of carbonyl (C=O) groups excluding carboxylic acids is 2. The van der Waals surface area contributed by atoms with Crippen molar-refractivity contribution in [1.29, 1.82) is 0 Å².